The first-order valence-electron chi connectivity index (χ1n) is 11.5. The van der Waals surface area contributed by atoms with E-state index in [1.54, 1.807) is 6.20 Å². The molecular formula is C24H25FN4O2. The number of hydrogen-bond donors (Lipinski definition) is 1. The van der Waals surface area contributed by atoms with E-state index in [0.717, 1.165) is 17.2 Å². The molecule has 1 atom stereocenters. The summed E-state index contributed by atoms with van der Waals surface area (Å²) < 4.78 is 40.4. The molecule has 1 N–H and O–H groups in total. The highest BCUT2D eigenvalue weighted by molar-refractivity contribution is 5.89. The SMILES string of the molecule is [2H]C([2H])([2H])n1nc(-c2cc3c(C(C)C)cn(-c4ccccc4C)c(=O)c3cc2F)nc1[C@@H](C)O. The molecule has 0 aliphatic rings. The van der Waals surface area contributed by atoms with Crippen LogP contribution in [0.4, 0.5) is 4.39 Å². The fourth-order valence-electron chi connectivity index (χ4n) is 3.74. The number of aryl methyl sites for hydroxylation is 2. The Hall–Kier alpha value is -3.32. The lowest BCUT2D eigenvalue weighted by Gasteiger charge is -2.17. The van der Waals surface area contributed by atoms with Gasteiger partial charge in [-0.1, -0.05) is 32.0 Å². The molecular weight excluding hydrogens is 395 g/mol. The van der Waals surface area contributed by atoms with Gasteiger partial charge in [0.1, 0.15) is 11.9 Å². The van der Waals surface area contributed by atoms with E-state index in [1.807, 2.05) is 45.0 Å². The predicted octanol–water partition coefficient (Wildman–Crippen LogP) is 4.41. The molecule has 2 aromatic carbocycles. The van der Waals surface area contributed by atoms with Gasteiger partial charge in [-0.2, -0.15) is 5.10 Å². The highest BCUT2D eigenvalue weighted by Gasteiger charge is 2.20. The van der Waals surface area contributed by atoms with Crippen LogP contribution in [0, 0.1) is 12.7 Å². The molecule has 0 saturated heterocycles. The quantitative estimate of drug-likeness (QED) is 0.528. The predicted molar refractivity (Wildman–Crippen MR) is 119 cm³/mol. The maximum atomic E-state index is 15.3. The summed E-state index contributed by atoms with van der Waals surface area (Å²) in [6.45, 7) is 4.50. The van der Waals surface area contributed by atoms with E-state index >= 15 is 4.39 Å². The van der Waals surface area contributed by atoms with Crippen LogP contribution in [0.3, 0.4) is 0 Å². The van der Waals surface area contributed by atoms with E-state index in [-0.39, 0.29) is 34.1 Å². The smallest absolute Gasteiger partial charge is 0.263 e. The molecule has 0 bridgehead atoms. The van der Waals surface area contributed by atoms with Crippen LogP contribution in [0.15, 0.2) is 47.4 Å². The van der Waals surface area contributed by atoms with E-state index in [0.29, 0.717) is 15.8 Å². The first-order chi connectivity index (χ1) is 15.9. The van der Waals surface area contributed by atoms with E-state index in [4.69, 9.17) is 4.11 Å². The number of rotatable bonds is 4. The van der Waals surface area contributed by atoms with Gasteiger partial charge in [-0.05, 0) is 54.5 Å². The second-order valence-electron chi connectivity index (χ2n) is 7.96. The van der Waals surface area contributed by atoms with Crippen molar-refractivity contribution in [3.63, 3.8) is 0 Å². The highest BCUT2D eigenvalue weighted by Crippen LogP contribution is 2.31. The summed E-state index contributed by atoms with van der Waals surface area (Å²) in [5.74, 6) is -1.14. The van der Waals surface area contributed by atoms with Crippen molar-refractivity contribution < 1.29 is 13.6 Å². The first kappa shape index (κ1) is 17.4. The zero-order valence-corrected chi connectivity index (χ0v) is 17.7. The molecule has 0 spiro atoms. The second kappa shape index (κ2) is 7.74. The van der Waals surface area contributed by atoms with Crippen molar-refractivity contribution in [2.24, 2.45) is 6.98 Å². The number of para-hydroxylation sites is 1. The van der Waals surface area contributed by atoms with Gasteiger partial charge < -0.3 is 5.11 Å². The average molecular weight is 424 g/mol. The first-order valence-corrected chi connectivity index (χ1v) is 10.0. The molecule has 0 radical (unpaired) electrons. The van der Waals surface area contributed by atoms with Crippen molar-refractivity contribution in [2.75, 3.05) is 0 Å². The summed E-state index contributed by atoms with van der Waals surface area (Å²) in [5, 5.41) is 14.7. The van der Waals surface area contributed by atoms with Crippen molar-refractivity contribution in [3.8, 4) is 17.1 Å². The van der Waals surface area contributed by atoms with Gasteiger partial charge >= 0.3 is 0 Å². The monoisotopic (exact) mass is 423 g/mol. The summed E-state index contributed by atoms with van der Waals surface area (Å²) in [4.78, 5) is 17.5. The van der Waals surface area contributed by atoms with Crippen LogP contribution in [0.25, 0.3) is 27.8 Å². The van der Waals surface area contributed by atoms with Crippen molar-refractivity contribution >= 4 is 10.8 Å². The molecule has 0 fully saturated rings. The highest BCUT2D eigenvalue weighted by atomic mass is 19.1. The summed E-state index contributed by atoms with van der Waals surface area (Å²) in [6, 6.07) is 10.1. The lowest BCUT2D eigenvalue weighted by Crippen LogP contribution is -2.20. The number of nitrogens with zero attached hydrogens (tertiary/aromatic N) is 4. The Morgan fingerprint density at radius 1 is 1.16 bits per heavy atom. The van der Waals surface area contributed by atoms with Crippen LogP contribution >= 0.6 is 0 Å². The molecule has 0 saturated carbocycles. The lowest BCUT2D eigenvalue weighted by molar-refractivity contribution is 0.184. The molecule has 31 heavy (non-hydrogen) atoms. The van der Waals surface area contributed by atoms with Crippen molar-refractivity contribution in [1.82, 2.24) is 19.3 Å². The van der Waals surface area contributed by atoms with Gasteiger partial charge in [0.15, 0.2) is 11.6 Å². The number of hydrogen-bond acceptors (Lipinski definition) is 4. The Balaban J connectivity index is 2.01. The molecule has 0 aliphatic heterocycles. The fourth-order valence-corrected chi connectivity index (χ4v) is 3.74. The largest absolute Gasteiger partial charge is 0.385 e. The van der Waals surface area contributed by atoms with E-state index in [9.17, 15) is 9.90 Å². The van der Waals surface area contributed by atoms with Gasteiger partial charge in [-0.25, -0.2) is 9.37 Å². The van der Waals surface area contributed by atoms with E-state index in [1.165, 1.54) is 17.6 Å². The molecule has 0 unspecified atom stereocenters. The normalized spacial score (nSPS) is 14.5. The van der Waals surface area contributed by atoms with Crippen LogP contribution in [-0.4, -0.2) is 24.4 Å². The Kier molecular flexibility index (Phi) is 4.34. The van der Waals surface area contributed by atoms with Gasteiger partial charge in [0, 0.05) is 17.3 Å². The molecule has 4 rings (SSSR count). The minimum atomic E-state index is -2.70. The Labute approximate surface area is 183 Å². The van der Waals surface area contributed by atoms with Gasteiger partial charge in [-0.3, -0.25) is 14.0 Å². The minimum absolute atomic E-state index is 0.00223. The van der Waals surface area contributed by atoms with Crippen LogP contribution in [-0.2, 0) is 6.98 Å². The second-order valence-corrected chi connectivity index (χ2v) is 7.96. The Morgan fingerprint density at radius 3 is 2.52 bits per heavy atom. The van der Waals surface area contributed by atoms with Crippen LogP contribution in [0.2, 0.25) is 0 Å². The lowest BCUT2D eigenvalue weighted by atomic mass is 9.96. The average Bonchev–Trinajstić information content (AvgIpc) is 3.21. The summed E-state index contributed by atoms with van der Waals surface area (Å²) in [7, 11) is 0. The number of pyridine rings is 1. The molecule has 4 aromatic rings. The number of aromatic nitrogens is 4. The van der Waals surface area contributed by atoms with Crippen LogP contribution < -0.4 is 5.56 Å². The summed E-state index contributed by atoms with van der Waals surface area (Å²) >= 11 is 0. The van der Waals surface area contributed by atoms with Gasteiger partial charge in [0.05, 0.1) is 16.6 Å². The fraction of sp³-hybridized carbons (Fsp3) is 0.292. The van der Waals surface area contributed by atoms with Gasteiger partial charge in [-0.15, -0.1) is 0 Å². The number of benzene rings is 2. The third-order valence-corrected chi connectivity index (χ3v) is 5.38. The third kappa shape index (κ3) is 3.55. The molecule has 0 amide bonds. The number of aliphatic hydroxyl groups is 1. The number of fused-ring (bicyclic) bond motifs is 1. The van der Waals surface area contributed by atoms with E-state index < -0.39 is 18.9 Å². The van der Waals surface area contributed by atoms with Gasteiger partial charge in [0.25, 0.3) is 5.56 Å². The molecule has 0 aliphatic carbocycles. The maximum Gasteiger partial charge on any atom is 0.263 e. The van der Waals surface area contributed by atoms with Crippen molar-refractivity contribution in [1.29, 1.82) is 0 Å². The minimum Gasteiger partial charge on any atom is -0.385 e. The Bertz CT molecular complexity index is 1460. The van der Waals surface area contributed by atoms with Crippen molar-refractivity contribution in [3.05, 3.63) is 75.7 Å². The van der Waals surface area contributed by atoms with Crippen LogP contribution in [0.5, 0.6) is 0 Å². The molecule has 7 heteroatoms. The molecule has 2 aromatic heterocycles. The zero-order valence-electron chi connectivity index (χ0n) is 20.7. The van der Waals surface area contributed by atoms with Crippen molar-refractivity contribution in [2.45, 2.75) is 39.7 Å². The zero-order chi connectivity index (χ0) is 24.9. The molecule has 160 valence electrons. The third-order valence-electron chi connectivity index (χ3n) is 5.38. The topological polar surface area (TPSA) is 72.9 Å². The van der Waals surface area contributed by atoms with Crippen LogP contribution in [0.1, 0.15) is 53.9 Å². The molecule has 2 heterocycles. The number of aliphatic hydroxyl groups excluding tert-OH is 1. The maximum absolute atomic E-state index is 15.3. The number of halogens is 1. The Morgan fingerprint density at radius 2 is 1.90 bits per heavy atom. The van der Waals surface area contributed by atoms with E-state index in [2.05, 4.69) is 10.1 Å². The summed E-state index contributed by atoms with van der Waals surface area (Å²) in [6.07, 6.45) is 0.535. The molecule has 6 nitrogen and oxygen atoms in total. The van der Waals surface area contributed by atoms with Gasteiger partial charge in [0.2, 0.25) is 0 Å². The summed E-state index contributed by atoms with van der Waals surface area (Å²) in [5.41, 5.74) is 2.00. The standard InChI is InChI=1S/C24H25FN4O2/c1-13(2)19-12-29(21-9-7-6-8-14(21)3)24(31)17-11-20(25)18(10-16(17)19)22-26-23(15(4)30)28(5)27-22/h6-13,15,30H,1-5H3/t15-/m1/s1/i5D3.